The molecule has 1 atom stereocenters. The van der Waals surface area contributed by atoms with E-state index in [0.29, 0.717) is 5.69 Å². The number of benzene rings is 2. The first-order valence-electron chi connectivity index (χ1n) is 8.84. The summed E-state index contributed by atoms with van der Waals surface area (Å²) in [6.07, 6.45) is -0.941. The average molecular weight is 402 g/mol. The van der Waals surface area contributed by atoms with Gasteiger partial charge in [0.1, 0.15) is 12.9 Å². The van der Waals surface area contributed by atoms with E-state index in [0.717, 1.165) is 28.8 Å². The van der Waals surface area contributed by atoms with E-state index in [9.17, 15) is 18.0 Å². The number of nitrogens with one attached hydrogen (secondary N) is 3. The second-order valence-electron chi connectivity index (χ2n) is 6.58. The standard InChI is InChI=1S/C19H17F3N6O/c20-19(21,22)10-23-18(29)27-14-2-1-3-15(7-14)28-11-24-16-6-12(4-5-17(16)28)13-8-25-26-9-13/h1-8,11,13,26H,9-10H2,(H2,23,27,29). The predicted octanol–water partition coefficient (Wildman–Crippen LogP) is 3.38. The maximum Gasteiger partial charge on any atom is 0.405 e. The van der Waals surface area contributed by atoms with Crippen LogP contribution < -0.4 is 16.1 Å². The number of hydrogen-bond acceptors (Lipinski definition) is 4. The number of hydrazone groups is 1. The number of aromatic nitrogens is 2. The van der Waals surface area contributed by atoms with Gasteiger partial charge in [0.25, 0.3) is 0 Å². The topological polar surface area (TPSA) is 83.3 Å². The van der Waals surface area contributed by atoms with Crippen LogP contribution >= 0.6 is 0 Å². The van der Waals surface area contributed by atoms with Crippen molar-refractivity contribution in [1.82, 2.24) is 20.3 Å². The third-order valence-electron chi connectivity index (χ3n) is 4.49. The van der Waals surface area contributed by atoms with Crippen LogP contribution in [-0.4, -0.2) is 41.1 Å². The Morgan fingerprint density at radius 3 is 2.86 bits per heavy atom. The summed E-state index contributed by atoms with van der Waals surface area (Å²) in [5.41, 5.74) is 6.81. The van der Waals surface area contributed by atoms with E-state index < -0.39 is 18.8 Å². The van der Waals surface area contributed by atoms with Crippen molar-refractivity contribution < 1.29 is 18.0 Å². The molecule has 0 radical (unpaired) electrons. The van der Waals surface area contributed by atoms with Crippen LogP contribution in [-0.2, 0) is 0 Å². The monoisotopic (exact) mass is 402 g/mol. The van der Waals surface area contributed by atoms with Gasteiger partial charge in [0, 0.05) is 30.1 Å². The molecular formula is C19H17F3N6O. The minimum atomic E-state index is -4.46. The molecule has 1 aliphatic heterocycles. The van der Waals surface area contributed by atoms with Crippen LogP contribution in [0.5, 0.6) is 0 Å². The Kier molecular flexibility index (Phi) is 4.83. The molecule has 1 aliphatic rings. The molecule has 3 N–H and O–H groups in total. The van der Waals surface area contributed by atoms with Gasteiger partial charge in [0.15, 0.2) is 0 Å². The Morgan fingerprint density at radius 2 is 2.10 bits per heavy atom. The smallest absolute Gasteiger partial charge is 0.329 e. The molecule has 0 aliphatic carbocycles. The number of hydrogen-bond donors (Lipinski definition) is 3. The molecule has 0 spiro atoms. The number of imidazole rings is 1. The first-order valence-corrected chi connectivity index (χ1v) is 8.84. The zero-order valence-corrected chi connectivity index (χ0v) is 15.1. The lowest BCUT2D eigenvalue weighted by molar-refractivity contribution is -0.122. The lowest BCUT2D eigenvalue weighted by atomic mass is 10.0. The Bertz CT molecular complexity index is 1080. The van der Waals surface area contributed by atoms with Crippen molar-refractivity contribution in [2.75, 3.05) is 18.4 Å². The zero-order chi connectivity index (χ0) is 20.4. The number of carbonyl (C=O) groups excluding carboxylic acids is 1. The highest BCUT2D eigenvalue weighted by molar-refractivity contribution is 5.89. The first kappa shape index (κ1) is 18.8. The van der Waals surface area contributed by atoms with Crippen LogP contribution in [0.3, 0.4) is 0 Å². The third-order valence-corrected chi connectivity index (χ3v) is 4.49. The number of urea groups is 1. The minimum Gasteiger partial charge on any atom is -0.329 e. The molecule has 2 aromatic carbocycles. The summed E-state index contributed by atoms with van der Waals surface area (Å²) in [7, 11) is 0. The molecule has 3 aromatic rings. The van der Waals surface area contributed by atoms with Gasteiger partial charge in [-0.25, -0.2) is 9.78 Å². The van der Waals surface area contributed by atoms with Gasteiger partial charge in [-0.3, -0.25) is 4.57 Å². The van der Waals surface area contributed by atoms with Gasteiger partial charge in [-0.05, 0) is 35.9 Å². The van der Waals surface area contributed by atoms with E-state index >= 15 is 0 Å². The third kappa shape index (κ3) is 4.31. The van der Waals surface area contributed by atoms with Gasteiger partial charge >= 0.3 is 12.2 Å². The molecule has 0 saturated carbocycles. The van der Waals surface area contributed by atoms with E-state index in [-0.39, 0.29) is 5.92 Å². The molecule has 4 rings (SSSR count). The Morgan fingerprint density at radius 1 is 1.24 bits per heavy atom. The van der Waals surface area contributed by atoms with E-state index in [4.69, 9.17) is 0 Å². The van der Waals surface area contributed by atoms with Crippen molar-refractivity contribution in [3.63, 3.8) is 0 Å². The lowest BCUT2D eigenvalue weighted by Crippen LogP contribution is -2.36. The van der Waals surface area contributed by atoms with Crippen LogP contribution in [0.2, 0.25) is 0 Å². The van der Waals surface area contributed by atoms with Crippen LogP contribution in [0, 0.1) is 0 Å². The van der Waals surface area contributed by atoms with Crippen molar-refractivity contribution in [2.45, 2.75) is 12.1 Å². The fourth-order valence-electron chi connectivity index (χ4n) is 3.11. The highest BCUT2D eigenvalue weighted by atomic mass is 19.4. The van der Waals surface area contributed by atoms with Crippen molar-refractivity contribution in [1.29, 1.82) is 0 Å². The maximum atomic E-state index is 12.2. The normalized spacial score (nSPS) is 16.0. The maximum absolute atomic E-state index is 12.2. The highest BCUT2D eigenvalue weighted by Gasteiger charge is 2.27. The van der Waals surface area contributed by atoms with Crippen LogP contribution in [0.25, 0.3) is 16.7 Å². The highest BCUT2D eigenvalue weighted by Crippen LogP contribution is 2.25. The molecule has 7 nitrogen and oxygen atoms in total. The summed E-state index contributed by atoms with van der Waals surface area (Å²) in [5, 5.41) is 8.22. The van der Waals surface area contributed by atoms with Crippen molar-refractivity contribution in [3.05, 3.63) is 54.4 Å². The Hall–Kier alpha value is -3.56. The Balaban J connectivity index is 1.54. The van der Waals surface area contributed by atoms with Crippen molar-refractivity contribution in [3.8, 4) is 5.69 Å². The van der Waals surface area contributed by atoms with Crippen LogP contribution in [0.1, 0.15) is 11.5 Å². The minimum absolute atomic E-state index is 0.201. The molecule has 1 aromatic heterocycles. The van der Waals surface area contributed by atoms with Gasteiger partial charge < -0.3 is 16.1 Å². The number of nitrogens with zero attached hydrogens (tertiary/aromatic N) is 3. The number of fused-ring (bicyclic) bond motifs is 1. The fourth-order valence-corrected chi connectivity index (χ4v) is 3.11. The van der Waals surface area contributed by atoms with Gasteiger partial charge in [-0.15, -0.1) is 0 Å². The summed E-state index contributed by atoms with van der Waals surface area (Å²) >= 11 is 0. The van der Waals surface area contributed by atoms with E-state index in [1.807, 2.05) is 35.0 Å². The van der Waals surface area contributed by atoms with E-state index in [2.05, 4.69) is 20.8 Å². The molecule has 0 fully saturated rings. The second-order valence-corrected chi connectivity index (χ2v) is 6.58. The molecule has 10 heteroatoms. The molecule has 0 bridgehead atoms. The van der Waals surface area contributed by atoms with Crippen molar-refractivity contribution in [2.24, 2.45) is 5.10 Å². The number of halogens is 3. The summed E-state index contributed by atoms with van der Waals surface area (Å²) in [5.74, 6) is 0.201. The van der Waals surface area contributed by atoms with Gasteiger partial charge in [-0.1, -0.05) is 12.1 Å². The molecule has 2 heterocycles. The van der Waals surface area contributed by atoms with Crippen molar-refractivity contribution >= 4 is 29.0 Å². The number of alkyl halides is 3. The second kappa shape index (κ2) is 7.46. The number of anilines is 1. The first-order chi connectivity index (χ1) is 13.9. The molecule has 0 saturated heterocycles. The molecule has 150 valence electrons. The average Bonchev–Trinajstić information content (AvgIpc) is 3.35. The van der Waals surface area contributed by atoms with Crippen LogP contribution in [0.15, 0.2) is 53.9 Å². The summed E-state index contributed by atoms with van der Waals surface area (Å²) < 4.78 is 38.5. The lowest BCUT2D eigenvalue weighted by Gasteiger charge is -2.11. The quantitative estimate of drug-likeness (QED) is 0.626. The molecule has 1 unspecified atom stereocenters. The summed E-state index contributed by atoms with van der Waals surface area (Å²) in [6, 6.07) is 11.8. The van der Waals surface area contributed by atoms with Gasteiger partial charge in [0.2, 0.25) is 0 Å². The Labute approximate surface area is 163 Å². The molecule has 29 heavy (non-hydrogen) atoms. The predicted molar refractivity (Wildman–Crippen MR) is 103 cm³/mol. The summed E-state index contributed by atoms with van der Waals surface area (Å²) in [4.78, 5) is 16.1. The van der Waals surface area contributed by atoms with E-state index in [1.54, 1.807) is 29.8 Å². The SMILES string of the molecule is O=C(NCC(F)(F)F)Nc1cccc(-n2cnc3cc(C4C=NNC4)ccc32)c1. The number of carbonyl (C=O) groups is 1. The summed E-state index contributed by atoms with van der Waals surface area (Å²) in [6.45, 7) is -0.648. The number of rotatable bonds is 4. The zero-order valence-electron chi connectivity index (χ0n) is 15.1. The van der Waals surface area contributed by atoms with E-state index in [1.165, 1.54) is 0 Å². The largest absolute Gasteiger partial charge is 0.405 e. The fraction of sp³-hybridized carbons (Fsp3) is 0.211. The number of amides is 2. The molecular weight excluding hydrogens is 385 g/mol. The molecule has 2 amide bonds. The van der Waals surface area contributed by atoms with Gasteiger partial charge in [-0.2, -0.15) is 18.3 Å². The van der Waals surface area contributed by atoms with Gasteiger partial charge in [0.05, 0.1) is 11.0 Å². The van der Waals surface area contributed by atoms with Crippen LogP contribution in [0.4, 0.5) is 23.7 Å².